The smallest absolute Gasteiger partial charge is 0.256 e. The molecule has 7 nitrogen and oxygen atoms in total. The van der Waals surface area contributed by atoms with Gasteiger partial charge in [-0.05, 0) is 44.0 Å². The Morgan fingerprint density at radius 1 is 1.36 bits per heavy atom. The van der Waals surface area contributed by atoms with E-state index >= 15 is 0 Å². The molecule has 2 atom stereocenters. The number of β-amino-alcohol motifs (C(OH)–C–C–N with tert-alkyl or cyclic N) is 1. The van der Waals surface area contributed by atoms with Crippen molar-refractivity contribution in [2.24, 2.45) is 0 Å². The summed E-state index contributed by atoms with van der Waals surface area (Å²) < 4.78 is 15.3. The fourth-order valence-electron chi connectivity index (χ4n) is 3.62. The summed E-state index contributed by atoms with van der Waals surface area (Å²) in [5.74, 6) is 0.0564. The first kappa shape index (κ1) is 18.4. The highest BCUT2D eigenvalue weighted by molar-refractivity contribution is 5.99. The van der Waals surface area contributed by atoms with Gasteiger partial charge in [-0.2, -0.15) is 5.10 Å². The highest BCUT2D eigenvalue weighted by atomic mass is 19.1. The Hall–Kier alpha value is -3.00. The Bertz CT molecular complexity index is 1020. The van der Waals surface area contributed by atoms with Crippen LogP contribution in [0, 0.1) is 5.82 Å². The molecule has 28 heavy (non-hydrogen) atoms. The average Bonchev–Trinajstić information content (AvgIpc) is 3.24. The number of nitrogens with one attached hydrogen (secondary N) is 1. The van der Waals surface area contributed by atoms with Crippen LogP contribution in [-0.4, -0.2) is 44.3 Å². The van der Waals surface area contributed by atoms with Crippen molar-refractivity contribution in [3.63, 3.8) is 0 Å². The topological polar surface area (TPSA) is 82.8 Å². The van der Waals surface area contributed by atoms with E-state index in [0.29, 0.717) is 30.0 Å². The molecule has 1 fully saturated rings. The van der Waals surface area contributed by atoms with Gasteiger partial charge in [-0.3, -0.25) is 4.79 Å². The number of rotatable bonds is 4. The minimum atomic E-state index is -0.542. The molecule has 2 aromatic heterocycles. The van der Waals surface area contributed by atoms with E-state index < -0.39 is 6.10 Å². The second-order valence-corrected chi connectivity index (χ2v) is 7.35. The van der Waals surface area contributed by atoms with Crippen LogP contribution < -0.4 is 10.2 Å². The molecule has 3 heterocycles. The standard InChI is InChI=1S/C20H22FN5O2/c1-12(2)23-20(28)16-10-22-26-7-6-18(24-19(16)26)25-11-15(27)9-17(25)13-4-3-5-14(21)8-13/h3-8,10,12,15,17,27H,9,11H2,1-2H3,(H,23,28). The summed E-state index contributed by atoms with van der Waals surface area (Å²) in [5.41, 5.74) is 1.61. The number of carbonyl (C=O) groups is 1. The summed E-state index contributed by atoms with van der Waals surface area (Å²) in [5, 5.41) is 17.3. The third kappa shape index (κ3) is 3.43. The molecule has 0 spiro atoms. The van der Waals surface area contributed by atoms with E-state index in [9.17, 15) is 14.3 Å². The van der Waals surface area contributed by atoms with E-state index in [4.69, 9.17) is 0 Å². The van der Waals surface area contributed by atoms with Gasteiger partial charge in [0.05, 0.1) is 18.3 Å². The van der Waals surface area contributed by atoms with Crippen molar-refractivity contribution >= 4 is 17.4 Å². The number of halogens is 1. The van der Waals surface area contributed by atoms with Crippen molar-refractivity contribution in [1.29, 1.82) is 0 Å². The van der Waals surface area contributed by atoms with Crippen molar-refractivity contribution < 1.29 is 14.3 Å². The molecule has 2 unspecified atom stereocenters. The van der Waals surface area contributed by atoms with Crippen molar-refractivity contribution in [2.45, 2.75) is 38.5 Å². The maximum Gasteiger partial charge on any atom is 0.256 e. The maximum atomic E-state index is 13.7. The highest BCUT2D eigenvalue weighted by Crippen LogP contribution is 2.35. The molecule has 146 valence electrons. The lowest BCUT2D eigenvalue weighted by atomic mass is 10.0. The lowest BCUT2D eigenvalue weighted by Gasteiger charge is -2.26. The first-order valence-corrected chi connectivity index (χ1v) is 9.28. The van der Waals surface area contributed by atoms with Crippen LogP contribution in [0.3, 0.4) is 0 Å². The summed E-state index contributed by atoms with van der Waals surface area (Å²) in [6.45, 7) is 4.15. The predicted molar refractivity (Wildman–Crippen MR) is 103 cm³/mol. The van der Waals surface area contributed by atoms with Gasteiger partial charge in [-0.25, -0.2) is 13.9 Å². The number of hydrogen-bond acceptors (Lipinski definition) is 5. The number of carbonyl (C=O) groups excluding carboxylic acids is 1. The molecule has 0 bridgehead atoms. The second kappa shape index (κ2) is 7.20. The van der Waals surface area contributed by atoms with Gasteiger partial charge in [0, 0.05) is 18.8 Å². The zero-order chi connectivity index (χ0) is 19.8. The third-order valence-corrected chi connectivity index (χ3v) is 4.83. The first-order valence-electron chi connectivity index (χ1n) is 9.28. The van der Waals surface area contributed by atoms with Gasteiger partial charge < -0.3 is 15.3 Å². The second-order valence-electron chi connectivity index (χ2n) is 7.35. The number of anilines is 1. The normalized spacial score (nSPS) is 19.5. The van der Waals surface area contributed by atoms with Crippen molar-refractivity contribution in [1.82, 2.24) is 19.9 Å². The monoisotopic (exact) mass is 383 g/mol. The Morgan fingerprint density at radius 3 is 2.93 bits per heavy atom. The summed E-state index contributed by atoms with van der Waals surface area (Å²) >= 11 is 0. The highest BCUT2D eigenvalue weighted by Gasteiger charge is 2.33. The molecule has 1 amide bonds. The van der Waals surface area contributed by atoms with E-state index in [0.717, 1.165) is 5.56 Å². The molecule has 2 N–H and O–H groups in total. The lowest BCUT2D eigenvalue weighted by Crippen LogP contribution is -2.30. The number of nitrogens with zero attached hydrogens (tertiary/aromatic N) is 4. The van der Waals surface area contributed by atoms with E-state index in [1.807, 2.05) is 24.8 Å². The number of hydrogen-bond donors (Lipinski definition) is 2. The van der Waals surface area contributed by atoms with Crippen LogP contribution in [0.5, 0.6) is 0 Å². The van der Waals surface area contributed by atoms with Crippen LogP contribution in [0.1, 0.15) is 42.2 Å². The van der Waals surface area contributed by atoms with Gasteiger partial charge in [0.25, 0.3) is 5.91 Å². The van der Waals surface area contributed by atoms with Gasteiger partial charge in [0.1, 0.15) is 17.2 Å². The molecule has 0 radical (unpaired) electrons. The summed E-state index contributed by atoms with van der Waals surface area (Å²) in [6, 6.07) is 7.97. The van der Waals surface area contributed by atoms with Gasteiger partial charge in [-0.15, -0.1) is 0 Å². The van der Waals surface area contributed by atoms with Crippen LogP contribution in [0.2, 0.25) is 0 Å². The van der Waals surface area contributed by atoms with Crippen molar-refractivity contribution in [2.75, 3.05) is 11.4 Å². The number of aliphatic hydroxyl groups is 1. The third-order valence-electron chi connectivity index (χ3n) is 4.83. The van der Waals surface area contributed by atoms with E-state index in [1.165, 1.54) is 18.3 Å². The molecule has 8 heteroatoms. The van der Waals surface area contributed by atoms with Gasteiger partial charge >= 0.3 is 0 Å². The Kier molecular flexibility index (Phi) is 4.72. The lowest BCUT2D eigenvalue weighted by molar-refractivity contribution is 0.0944. The van der Waals surface area contributed by atoms with Gasteiger partial charge in [0.15, 0.2) is 5.65 Å². The number of fused-ring (bicyclic) bond motifs is 1. The van der Waals surface area contributed by atoms with Crippen LogP contribution in [0.4, 0.5) is 10.2 Å². The van der Waals surface area contributed by atoms with Gasteiger partial charge in [0.2, 0.25) is 0 Å². The molecule has 1 aromatic carbocycles. The van der Waals surface area contributed by atoms with E-state index in [-0.39, 0.29) is 23.8 Å². The first-order chi connectivity index (χ1) is 13.4. The average molecular weight is 383 g/mol. The summed E-state index contributed by atoms with van der Waals surface area (Å²) in [7, 11) is 0. The molecule has 1 saturated heterocycles. The molecule has 0 saturated carbocycles. The van der Waals surface area contributed by atoms with Crippen LogP contribution in [-0.2, 0) is 0 Å². The summed E-state index contributed by atoms with van der Waals surface area (Å²) in [6.07, 6.45) is 3.17. The van der Waals surface area contributed by atoms with E-state index in [1.54, 1.807) is 22.8 Å². The molecule has 1 aliphatic heterocycles. The molecular weight excluding hydrogens is 361 g/mol. The number of aliphatic hydroxyl groups excluding tert-OH is 1. The molecule has 3 aromatic rings. The van der Waals surface area contributed by atoms with E-state index in [2.05, 4.69) is 15.4 Å². The quantitative estimate of drug-likeness (QED) is 0.723. The Balaban J connectivity index is 1.72. The van der Waals surface area contributed by atoms with Gasteiger partial charge in [-0.1, -0.05) is 12.1 Å². The minimum Gasteiger partial charge on any atom is -0.391 e. The number of amides is 1. The van der Waals surface area contributed by atoms with Crippen LogP contribution in [0.25, 0.3) is 5.65 Å². The largest absolute Gasteiger partial charge is 0.391 e. The SMILES string of the molecule is CC(C)NC(=O)c1cnn2ccc(N3CC(O)CC3c3cccc(F)c3)nc12. The zero-order valence-corrected chi connectivity index (χ0v) is 15.7. The molecule has 0 aliphatic carbocycles. The number of aromatic nitrogens is 3. The zero-order valence-electron chi connectivity index (χ0n) is 15.7. The minimum absolute atomic E-state index is 0.00304. The Morgan fingerprint density at radius 2 is 2.18 bits per heavy atom. The van der Waals surface area contributed by atoms with Crippen LogP contribution >= 0.6 is 0 Å². The van der Waals surface area contributed by atoms with Crippen LogP contribution in [0.15, 0.2) is 42.7 Å². The predicted octanol–water partition coefficient (Wildman–Crippen LogP) is 2.32. The summed E-state index contributed by atoms with van der Waals surface area (Å²) in [4.78, 5) is 19.0. The molecular formula is C20H22FN5O2. The fraction of sp³-hybridized carbons (Fsp3) is 0.350. The number of benzene rings is 1. The molecule has 1 aliphatic rings. The maximum absolute atomic E-state index is 13.7. The molecule has 4 rings (SSSR count). The fourth-order valence-corrected chi connectivity index (χ4v) is 3.62. The van der Waals surface area contributed by atoms with Crippen molar-refractivity contribution in [3.8, 4) is 0 Å². The Labute approximate surface area is 161 Å². The van der Waals surface area contributed by atoms with Crippen molar-refractivity contribution in [3.05, 3.63) is 59.7 Å².